The Labute approximate surface area is 63.1 Å². The first-order chi connectivity index (χ1) is 4.95. The quantitative estimate of drug-likeness (QED) is 0.352. The highest BCUT2D eigenvalue weighted by Gasteiger charge is 2.05. The lowest BCUT2D eigenvalue weighted by atomic mass is 10.7. The minimum Gasteiger partial charge on any atom is -0.274 e. The summed E-state index contributed by atoms with van der Waals surface area (Å²) in [6, 6.07) is 0. The van der Waals surface area contributed by atoms with Crippen LogP contribution < -0.4 is 4.72 Å². The Morgan fingerprint density at radius 1 is 1.73 bits per heavy atom. The van der Waals surface area contributed by atoms with Crippen molar-refractivity contribution in [3.05, 3.63) is 10.4 Å². The number of carbonyl (C=O) groups is 1. The average Bonchev–Trinajstić information content (AvgIpc) is 1.79. The molecule has 0 saturated carbocycles. The standard InChI is InChI=1S/C3H6N4O3S/c1-11(9,10)6-3(8)2-5-7-4/h2H2,1H3,(H,6,8). The van der Waals surface area contributed by atoms with Crippen molar-refractivity contribution in [2.75, 3.05) is 12.8 Å². The molecule has 1 amide bonds. The molecule has 0 bridgehead atoms. The summed E-state index contributed by atoms with van der Waals surface area (Å²) in [5.74, 6) is -0.842. The molecule has 0 heterocycles. The molecule has 0 aliphatic heterocycles. The lowest BCUT2D eigenvalue weighted by molar-refractivity contribution is -0.117. The molecule has 0 aromatic carbocycles. The Kier molecular flexibility index (Phi) is 3.35. The molecule has 0 aromatic heterocycles. The first-order valence-corrected chi connectivity index (χ1v) is 4.36. The number of amides is 1. The normalized spacial score (nSPS) is 9.91. The molecular formula is C3H6N4O3S. The predicted octanol–water partition coefficient (Wildman–Crippen LogP) is -0.627. The van der Waals surface area contributed by atoms with Gasteiger partial charge in [-0.3, -0.25) is 9.52 Å². The molecular weight excluding hydrogens is 172 g/mol. The van der Waals surface area contributed by atoms with Gasteiger partial charge in [-0.1, -0.05) is 5.11 Å². The van der Waals surface area contributed by atoms with Crippen LogP contribution >= 0.6 is 0 Å². The summed E-state index contributed by atoms with van der Waals surface area (Å²) < 4.78 is 22.3. The monoisotopic (exact) mass is 178 g/mol. The van der Waals surface area contributed by atoms with Gasteiger partial charge in [0.05, 0.1) is 6.26 Å². The summed E-state index contributed by atoms with van der Waals surface area (Å²) >= 11 is 0. The van der Waals surface area contributed by atoms with Gasteiger partial charge in [0.2, 0.25) is 15.9 Å². The predicted molar refractivity (Wildman–Crippen MR) is 37.0 cm³/mol. The summed E-state index contributed by atoms with van der Waals surface area (Å²) in [6.07, 6.45) is 0.834. The van der Waals surface area contributed by atoms with Gasteiger partial charge in [-0.05, 0) is 5.53 Å². The molecule has 0 saturated heterocycles. The molecule has 8 heteroatoms. The SMILES string of the molecule is CS(=O)(=O)NC(=O)CN=[N+]=[N-]. The van der Waals surface area contributed by atoms with E-state index in [-0.39, 0.29) is 0 Å². The Bertz CT molecular complexity index is 288. The van der Waals surface area contributed by atoms with Crippen molar-refractivity contribution in [2.24, 2.45) is 5.11 Å². The zero-order valence-corrected chi connectivity index (χ0v) is 6.50. The lowest BCUT2D eigenvalue weighted by Gasteiger charge is -1.96. The number of rotatable bonds is 3. The van der Waals surface area contributed by atoms with Crippen LogP contribution in [0.15, 0.2) is 5.11 Å². The molecule has 7 nitrogen and oxygen atoms in total. The smallest absolute Gasteiger partial charge is 0.239 e. The van der Waals surface area contributed by atoms with Crippen LogP contribution in [-0.4, -0.2) is 27.1 Å². The Hall–Kier alpha value is -1.27. The number of carbonyl (C=O) groups excluding carboxylic acids is 1. The molecule has 0 spiro atoms. The number of hydrogen-bond donors (Lipinski definition) is 1. The van der Waals surface area contributed by atoms with Crippen molar-refractivity contribution in [3.63, 3.8) is 0 Å². The van der Waals surface area contributed by atoms with E-state index in [0.717, 1.165) is 6.26 Å². The maximum absolute atomic E-state index is 10.5. The van der Waals surface area contributed by atoms with Gasteiger partial charge >= 0.3 is 0 Å². The number of hydrogen-bond acceptors (Lipinski definition) is 4. The molecule has 0 rings (SSSR count). The van der Waals surface area contributed by atoms with Crippen LogP contribution in [0.4, 0.5) is 0 Å². The van der Waals surface area contributed by atoms with Crippen LogP contribution in [0.2, 0.25) is 0 Å². The molecule has 0 radical (unpaired) electrons. The van der Waals surface area contributed by atoms with Gasteiger partial charge in [0.15, 0.2) is 0 Å². The van der Waals surface area contributed by atoms with Gasteiger partial charge in [0, 0.05) is 4.91 Å². The molecule has 0 atom stereocenters. The Morgan fingerprint density at radius 2 is 2.27 bits per heavy atom. The first-order valence-electron chi connectivity index (χ1n) is 2.47. The fraction of sp³-hybridized carbons (Fsp3) is 0.667. The van der Waals surface area contributed by atoms with E-state index in [2.05, 4.69) is 10.0 Å². The van der Waals surface area contributed by atoms with Crippen molar-refractivity contribution in [2.45, 2.75) is 0 Å². The van der Waals surface area contributed by atoms with E-state index in [1.165, 1.54) is 0 Å². The highest BCUT2D eigenvalue weighted by Crippen LogP contribution is 1.77. The van der Waals surface area contributed by atoms with Crippen LogP contribution in [0.3, 0.4) is 0 Å². The zero-order valence-electron chi connectivity index (χ0n) is 5.68. The van der Waals surface area contributed by atoms with E-state index in [4.69, 9.17) is 5.53 Å². The third kappa shape index (κ3) is 6.62. The van der Waals surface area contributed by atoms with Crippen molar-refractivity contribution in [3.8, 4) is 0 Å². The second-order valence-corrected chi connectivity index (χ2v) is 3.43. The van der Waals surface area contributed by atoms with Crippen molar-refractivity contribution in [1.82, 2.24) is 4.72 Å². The fourth-order valence-corrected chi connectivity index (χ4v) is 0.813. The molecule has 0 aliphatic rings. The number of azide groups is 1. The highest BCUT2D eigenvalue weighted by atomic mass is 32.2. The Balaban J connectivity index is 4.00. The van der Waals surface area contributed by atoms with Crippen LogP contribution in [-0.2, 0) is 14.8 Å². The van der Waals surface area contributed by atoms with E-state index >= 15 is 0 Å². The third-order valence-electron chi connectivity index (χ3n) is 0.577. The van der Waals surface area contributed by atoms with Gasteiger partial charge in [-0.2, -0.15) is 0 Å². The molecule has 0 aromatic rings. The lowest BCUT2D eigenvalue weighted by Crippen LogP contribution is -2.30. The topological polar surface area (TPSA) is 112 Å². The second kappa shape index (κ2) is 3.79. The molecule has 0 fully saturated rings. The molecule has 0 aliphatic carbocycles. The average molecular weight is 178 g/mol. The minimum atomic E-state index is -3.54. The van der Waals surface area contributed by atoms with Crippen LogP contribution in [0.5, 0.6) is 0 Å². The van der Waals surface area contributed by atoms with Gasteiger partial charge in [0.1, 0.15) is 6.54 Å². The largest absolute Gasteiger partial charge is 0.274 e. The molecule has 11 heavy (non-hydrogen) atoms. The summed E-state index contributed by atoms with van der Waals surface area (Å²) in [7, 11) is -3.54. The number of nitrogens with one attached hydrogen (secondary N) is 1. The minimum absolute atomic E-state index is 0.510. The second-order valence-electron chi connectivity index (χ2n) is 1.69. The molecule has 1 N–H and O–H groups in total. The highest BCUT2D eigenvalue weighted by molar-refractivity contribution is 7.89. The summed E-state index contributed by atoms with van der Waals surface area (Å²) in [4.78, 5) is 12.7. The van der Waals surface area contributed by atoms with Crippen LogP contribution in [0.1, 0.15) is 0 Å². The maximum atomic E-state index is 10.5. The summed E-state index contributed by atoms with van der Waals surface area (Å²) in [6.45, 7) is -0.510. The van der Waals surface area contributed by atoms with Crippen molar-refractivity contribution in [1.29, 1.82) is 0 Å². The van der Waals surface area contributed by atoms with E-state index in [9.17, 15) is 13.2 Å². The van der Waals surface area contributed by atoms with E-state index < -0.39 is 22.5 Å². The van der Waals surface area contributed by atoms with Crippen LogP contribution in [0.25, 0.3) is 10.4 Å². The van der Waals surface area contributed by atoms with Crippen LogP contribution in [0, 0.1) is 0 Å². The summed E-state index contributed by atoms with van der Waals surface area (Å²) in [5, 5.41) is 2.86. The van der Waals surface area contributed by atoms with Gasteiger partial charge in [0.25, 0.3) is 0 Å². The van der Waals surface area contributed by atoms with Crippen molar-refractivity contribution >= 4 is 15.9 Å². The third-order valence-corrected chi connectivity index (χ3v) is 1.18. The molecule has 62 valence electrons. The van der Waals surface area contributed by atoms with Gasteiger partial charge in [-0.15, -0.1) is 0 Å². The zero-order chi connectivity index (χ0) is 8.91. The summed E-state index contributed by atoms with van der Waals surface area (Å²) in [5.41, 5.74) is 7.74. The number of nitrogens with zero attached hydrogens (tertiary/aromatic N) is 3. The van der Waals surface area contributed by atoms with Gasteiger partial charge < -0.3 is 0 Å². The maximum Gasteiger partial charge on any atom is 0.239 e. The first kappa shape index (κ1) is 9.73. The van der Waals surface area contributed by atoms with E-state index in [1.54, 1.807) is 4.72 Å². The van der Waals surface area contributed by atoms with Gasteiger partial charge in [-0.25, -0.2) is 8.42 Å². The molecule has 0 unspecified atom stereocenters. The van der Waals surface area contributed by atoms with E-state index in [1.807, 2.05) is 0 Å². The van der Waals surface area contributed by atoms with E-state index in [0.29, 0.717) is 0 Å². The number of sulfonamides is 1. The fourth-order valence-electron chi connectivity index (χ4n) is 0.335. The Morgan fingerprint density at radius 3 is 2.64 bits per heavy atom. The van der Waals surface area contributed by atoms with Crippen molar-refractivity contribution < 1.29 is 13.2 Å².